The fourth-order valence-corrected chi connectivity index (χ4v) is 0.204. The van der Waals surface area contributed by atoms with Gasteiger partial charge in [-0.1, -0.05) is 0 Å². The van der Waals surface area contributed by atoms with E-state index in [1.165, 1.54) is 0 Å². The molecule has 1 atom stereocenters. The molecule has 0 heterocycles. The highest BCUT2D eigenvalue weighted by Crippen LogP contribution is 1.88. The van der Waals surface area contributed by atoms with Gasteiger partial charge in [-0.25, -0.2) is 0 Å². The number of ether oxygens (including phenoxy) is 1. The lowest BCUT2D eigenvalue weighted by Crippen LogP contribution is -2.07. The third-order valence-corrected chi connectivity index (χ3v) is 0.940. The van der Waals surface area contributed by atoms with Crippen LogP contribution in [0, 0.1) is 0 Å². The van der Waals surface area contributed by atoms with Crippen LogP contribution in [0.3, 0.4) is 0 Å². The average molecular weight is 123 g/mol. The monoisotopic (exact) mass is 122 g/mol. The van der Waals surface area contributed by atoms with Crippen LogP contribution in [0.25, 0.3) is 0 Å². The molecule has 0 bridgehead atoms. The lowest BCUT2D eigenvalue weighted by atomic mass is 10.5. The third-order valence-electron chi connectivity index (χ3n) is 0.505. The summed E-state index contributed by atoms with van der Waals surface area (Å²) in [7, 11) is 0. The van der Waals surface area contributed by atoms with Gasteiger partial charge >= 0.3 is 0 Å². The number of halogens is 1. The minimum absolute atomic E-state index is 0.154. The summed E-state index contributed by atoms with van der Waals surface area (Å²) in [5.74, 6) is 0.360. The predicted octanol–water partition coefficient (Wildman–Crippen LogP) is 0.787. The molecule has 0 fully saturated rings. The van der Waals surface area contributed by atoms with Gasteiger partial charge in [0.15, 0.2) is 0 Å². The van der Waals surface area contributed by atoms with E-state index in [0.29, 0.717) is 12.4 Å². The van der Waals surface area contributed by atoms with E-state index in [-0.39, 0.29) is 6.10 Å². The van der Waals surface area contributed by atoms with Crippen LogP contribution in [0.5, 0.6) is 0 Å². The van der Waals surface area contributed by atoms with Crippen LogP contribution >= 0.6 is 11.6 Å². The van der Waals surface area contributed by atoms with Gasteiger partial charge in [-0.3, -0.25) is 4.79 Å². The van der Waals surface area contributed by atoms with Crippen molar-refractivity contribution in [2.45, 2.75) is 13.0 Å². The van der Waals surface area contributed by atoms with Gasteiger partial charge in [0.1, 0.15) is 6.10 Å². The topological polar surface area (TPSA) is 26.3 Å². The molecule has 0 saturated heterocycles. The van der Waals surface area contributed by atoms with Crippen molar-refractivity contribution in [1.29, 1.82) is 0 Å². The van der Waals surface area contributed by atoms with Crippen LogP contribution in [0.15, 0.2) is 0 Å². The zero-order chi connectivity index (χ0) is 5.70. The van der Waals surface area contributed by atoms with E-state index in [1.807, 2.05) is 0 Å². The Kier molecular flexibility index (Phi) is 3.80. The van der Waals surface area contributed by atoms with Gasteiger partial charge in [0, 0.05) is 0 Å². The lowest BCUT2D eigenvalue weighted by molar-refractivity contribution is -0.131. The molecular weight excluding hydrogens is 115 g/mol. The first kappa shape index (κ1) is 6.76. The second-order valence-electron chi connectivity index (χ2n) is 1.20. The van der Waals surface area contributed by atoms with Crippen LogP contribution in [0.4, 0.5) is 0 Å². The van der Waals surface area contributed by atoms with Crippen molar-refractivity contribution in [2.75, 3.05) is 5.88 Å². The molecule has 0 aromatic carbocycles. The number of hydrogen-bond donors (Lipinski definition) is 0. The van der Waals surface area contributed by atoms with E-state index in [9.17, 15) is 4.79 Å². The first-order chi connectivity index (χ1) is 3.31. The molecule has 0 radical (unpaired) electrons. The van der Waals surface area contributed by atoms with E-state index >= 15 is 0 Å². The molecule has 0 amide bonds. The van der Waals surface area contributed by atoms with Gasteiger partial charge in [0.05, 0.1) is 5.88 Å². The molecule has 0 aliphatic heterocycles. The number of hydrogen-bond acceptors (Lipinski definition) is 2. The standard InChI is InChI=1S/C4H7ClO2/c1-4(2-5)7-3-6/h3-4H,2H2,1H3. The van der Waals surface area contributed by atoms with Crippen LogP contribution in [-0.4, -0.2) is 18.5 Å². The Morgan fingerprint density at radius 1 is 2.00 bits per heavy atom. The summed E-state index contributed by atoms with van der Waals surface area (Å²) in [5.41, 5.74) is 0. The third kappa shape index (κ3) is 3.59. The maximum atomic E-state index is 9.49. The SMILES string of the molecule is CC(CCl)OC=O. The van der Waals surface area contributed by atoms with E-state index < -0.39 is 0 Å². The van der Waals surface area contributed by atoms with Gasteiger partial charge in [-0.15, -0.1) is 11.6 Å². The van der Waals surface area contributed by atoms with Crippen LogP contribution < -0.4 is 0 Å². The Balaban J connectivity index is 2.98. The van der Waals surface area contributed by atoms with E-state index in [2.05, 4.69) is 4.74 Å². The maximum absolute atomic E-state index is 9.49. The first-order valence-electron chi connectivity index (χ1n) is 1.96. The van der Waals surface area contributed by atoms with Crippen molar-refractivity contribution in [2.24, 2.45) is 0 Å². The fourth-order valence-electron chi connectivity index (χ4n) is 0.131. The largest absolute Gasteiger partial charge is 0.464 e. The molecule has 0 saturated carbocycles. The summed E-state index contributed by atoms with van der Waals surface area (Å²) in [5, 5.41) is 0. The maximum Gasteiger partial charge on any atom is 0.293 e. The second kappa shape index (κ2) is 3.93. The smallest absolute Gasteiger partial charge is 0.293 e. The van der Waals surface area contributed by atoms with Gasteiger partial charge in [0.25, 0.3) is 6.47 Å². The Bertz CT molecular complexity index is 55.7. The molecule has 0 spiro atoms. The summed E-state index contributed by atoms with van der Waals surface area (Å²) in [6.07, 6.45) is -0.154. The molecule has 0 N–H and O–H groups in total. The zero-order valence-corrected chi connectivity index (χ0v) is 4.81. The normalized spacial score (nSPS) is 12.9. The van der Waals surface area contributed by atoms with Crippen molar-refractivity contribution in [3.8, 4) is 0 Å². The number of carbonyl (C=O) groups is 1. The average Bonchev–Trinajstić information content (AvgIpc) is 1.68. The van der Waals surface area contributed by atoms with Crippen molar-refractivity contribution >= 4 is 18.1 Å². The zero-order valence-electron chi connectivity index (χ0n) is 4.06. The molecule has 7 heavy (non-hydrogen) atoms. The summed E-state index contributed by atoms with van der Waals surface area (Å²) in [6, 6.07) is 0. The second-order valence-corrected chi connectivity index (χ2v) is 1.51. The van der Waals surface area contributed by atoms with Crippen molar-refractivity contribution in [1.82, 2.24) is 0 Å². The first-order valence-corrected chi connectivity index (χ1v) is 2.49. The summed E-state index contributed by atoms with van der Waals surface area (Å²) >= 11 is 5.25. The number of alkyl halides is 1. The number of rotatable bonds is 3. The Morgan fingerprint density at radius 3 is 2.71 bits per heavy atom. The summed E-state index contributed by atoms with van der Waals surface area (Å²) < 4.78 is 4.38. The highest BCUT2D eigenvalue weighted by Gasteiger charge is 1.94. The Hall–Kier alpha value is -0.240. The minimum atomic E-state index is -0.154. The fraction of sp³-hybridized carbons (Fsp3) is 0.750. The molecule has 2 nitrogen and oxygen atoms in total. The van der Waals surface area contributed by atoms with E-state index in [4.69, 9.17) is 11.6 Å². The van der Waals surface area contributed by atoms with Crippen LogP contribution in [-0.2, 0) is 9.53 Å². The van der Waals surface area contributed by atoms with Gasteiger partial charge in [-0.2, -0.15) is 0 Å². The summed E-state index contributed by atoms with van der Waals surface area (Å²) in [4.78, 5) is 9.49. The van der Waals surface area contributed by atoms with Crippen molar-refractivity contribution in [3.05, 3.63) is 0 Å². The Labute approximate surface area is 47.4 Å². The van der Waals surface area contributed by atoms with E-state index in [1.54, 1.807) is 6.92 Å². The van der Waals surface area contributed by atoms with Crippen molar-refractivity contribution in [3.63, 3.8) is 0 Å². The lowest BCUT2D eigenvalue weighted by Gasteiger charge is -2.00. The minimum Gasteiger partial charge on any atom is -0.464 e. The number of carbonyl (C=O) groups excluding carboxylic acids is 1. The molecule has 0 aliphatic rings. The van der Waals surface area contributed by atoms with Gasteiger partial charge in [-0.05, 0) is 6.92 Å². The van der Waals surface area contributed by atoms with Crippen molar-refractivity contribution < 1.29 is 9.53 Å². The summed E-state index contributed by atoms with van der Waals surface area (Å²) in [6.45, 7) is 2.12. The molecule has 3 heteroatoms. The molecule has 0 rings (SSSR count). The Morgan fingerprint density at radius 2 is 2.57 bits per heavy atom. The van der Waals surface area contributed by atoms with Gasteiger partial charge < -0.3 is 4.74 Å². The molecular formula is C4H7ClO2. The highest BCUT2D eigenvalue weighted by atomic mass is 35.5. The quantitative estimate of drug-likeness (QED) is 0.409. The highest BCUT2D eigenvalue weighted by molar-refractivity contribution is 6.18. The van der Waals surface area contributed by atoms with E-state index in [0.717, 1.165) is 0 Å². The molecule has 0 aromatic rings. The van der Waals surface area contributed by atoms with Crippen LogP contribution in [0.2, 0.25) is 0 Å². The molecule has 0 aliphatic carbocycles. The molecule has 1 unspecified atom stereocenters. The van der Waals surface area contributed by atoms with Crippen LogP contribution in [0.1, 0.15) is 6.92 Å². The van der Waals surface area contributed by atoms with Gasteiger partial charge in [0.2, 0.25) is 0 Å². The molecule has 42 valence electrons. The molecule has 0 aromatic heterocycles. The predicted molar refractivity (Wildman–Crippen MR) is 27.3 cm³/mol.